The molecule has 1 aliphatic heterocycles. The second kappa shape index (κ2) is 5.24. The van der Waals surface area contributed by atoms with E-state index in [9.17, 15) is 8.78 Å². The number of rotatable bonds is 3. The molecule has 0 amide bonds. The Morgan fingerprint density at radius 2 is 2.11 bits per heavy atom. The first-order valence-corrected chi connectivity index (χ1v) is 6.08. The Morgan fingerprint density at radius 1 is 1.39 bits per heavy atom. The highest BCUT2D eigenvalue weighted by Crippen LogP contribution is 2.32. The molecular formula is C12H15BF2O3. The average Bonchev–Trinajstić information content (AvgIpc) is 2.34. The van der Waals surface area contributed by atoms with Gasteiger partial charge in [0, 0.05) is 5.46 Å². The fourth-order valence-corrected chi connectivity index (χ4v) is 2.25. The normalized spacial score (nSPS) is 18.2. The molecule has 0 bridgehead atoms. The van der Waals surface area contributed by atoms with Crippen molar-refractivity contribution in [1.29, 1.82) is 0 Å². The zero-order valence-electron chi connectivity index (χ0n) is 10.1. The second-order valence-corrected chi connectivity index (χ2v) is 4.52. The van der Waals surface area contributed by atoms with E-state index in [1.165, 1.54) is 6.07 Å². The minimum absolute atomic E-state index is 0.0819. The van der Waals surface area contributed by atoms with Gasteiger partial charge < -0.3 is 14.8 Å². The van der Waals surface area contributed by atoms with Gasteiger partial charge in [0.15, 0.2) is 11.6 Å². The first-order chi connectivity index (χ1) is 8.54. The molecule has 1 aromatic carbocycles. The Balaban J connectivity index is 2.38. The third-order valence-electron chi connectivity index (χ3n) is 3.18. The summed E-state index contributed by atoms with van der Waals surface area (Å²) in [6.07, 6.45) is 2.90. The van der Waals surface area contributed by atoms with E-state index in [1.807, 2.05) is 6.92 Å². The summed E-state index contributed by atoms with van der Waals surface area (Å²) in [6, 6.07) is 1.26. The molecule has 1 atom stereocenters. The van der Waals surface area contributed by atoms with Crippen LogP contribution in [-0.4, -0.2) is 23.3 Å². The maximum absolute atomic E-state index is 13.8. The van der Waals surface area contributed by atoms with E-state index in [0.29, 0.717) is 12.0 Å². The third kappa shape index (κ3) is 2.35. The lowest BCUT2D eigenvalue weighted by Crippen LogP contribution is -2.35. The summed E-state index contributed by atoms with van der Waals surface area (Å²) in [5, 5.41) is 17.9. The van der Waals surface area contributed by atoms with Crippen LogP contribution in [0.3, 0.4) is 0 Å². The monoisotopic (exact) mass is 256 g/mol. The van der Waals surface area contributed by atoms with Crippen LogP contribution in [0, 0.1) is 11.6 Å². The van der Waals surface area contributed by atoms with E-state index in [-0.39, 0.29) is 11.9 Å². The van der Waals surface area contributed by atoms with Crippen molar-refractivity contribution in [2.45, 2.75) is 38.7 Å². The summed E-state index contributed by atoms with van der Waals surface area (Å²) < 4.78 is 32.8. The van der Waals surface area contributed by atoms with Crippen LogP contribution in [-0.2, 0) is 6.42 Å². The van der Waals surface area contributed by atoms with Crippen LogP contribution in [0.4, 0.5) is 8.78 Å². The lowest BCUT2D eigenvalue weighted by molar-refractivity contribution is 0.153. The molecule has 98 valence electrons. The van der Waals surface area contributed by atoms with E-state index in [0.717, 1.165) is 19.3 Å². The SMILES string of the molecule is CCCC1CCc2cc(B(O)O)c(F)c(F)c2O1. The first kappa shape index (κ1) is 13.3. The molecule has 3 nitrogen and oxygen atoms in total. The van der Waals surface area contributed by atoms with Crippen molar-refractivity contribution in [2.24, 2.45) is 0 Å². The minimum Gasteiger partial charge on any atom is -0.487 e. The molecule has 0 radical (unpaired) electrons. The van der Waals surface area contributed by atoms with Crippen molar-refractivity contribution in [1.82, 2.24) is 0 Å². The van der Waals surface area contributed by atoms with Crippen molar-refractivity contribution < 1.29 is 23.6 Å². The van der Waals surface area contributed by atoms with Gasteiger partial charge in [0.25, 0.3) is 0 Å². The topological polar surface area (TPSA) is 49.7 Å². The van der Waals surface area contributed by atoms with E-state index in [2.05, 4.69) is 0 Å². The summed E-state index contributed by atoms with van der Waals surface area (Å²) in [6.45, 7) is 2.00. The molecule has 0 aliphatic carbocycles. The largest absolute Gasteiger partial charge is 0.491 e. The summed E-state index contributed by atoms with van der Waals surface area (Å²) in [4.78, 5) is 0. The lowest BCUT2D eigenvalue weighted by Gasteiger charge is -2.27. The number of aryl methyl sites for hydroxylation is 1. The fourth-order valence-electron chi connectivity index (χ4n) is 2.25. The molecule has 0 saturated heterocycles. The Kier molecular flexibility index (Phi) is 3.87. The molecule has 2 rings (SSSR count). The number of halogens is 2. The third-order valence-corrected chi connectivity index (χ3v) is 3.18. The molecule has 18 heavy (non-hydrogen) atoms. The quantitative estimate of drug-likeness (QED) is 0.797. The Morgan fingerprint density at radius 3 is 2.72 bits per heavy atom. The van der Waals surface area contributed by atoms with Crippen molar-refractivity contribution in [2.75, 3.05) is 0 Å². The zero-order chi connectivity index (χ0) is 13.3. The van der Waals surface area contributed by atoms with Gasteiger partial charge in [-0.3, -0.25) is 0 Å². The van der Waals surface area contributed by atoms with Crippen molar-refractivity contribution >= 4 is 12.6 Å². The van der Waals surface area contributed by atoms with Gasteiger partial charge in [-0.25, -0.2) is 4.39 Å². The number of ether oxygens (including phenoxy) is 1. The molecule has 0 fully saturated rings. The molecule has 1 unspecified atom stereocenters. The van der Waals surface area contributed by atoms with Gasteiger partial charge in [-0.05, 0) is 24.8 Å². The minimum atomic E-state index is -2.02. The van der Waals surface area contributed by atoms with Crippen LogP contribution >= 0.6 is 0 Å². The predicted octanol–water partition coefficient (Wildman–Crippen LogP) is 1.14. The number of fused-ring (bicyclic) bond motifs is 1. The van der Waals surface area contributed by atoms with Crippen LogP contribution in [0.25, 0.3) is 0 Å². The Bertz CT molecular complexity index is 451. The summed E-state index contributed by atoms with van der Waals surface area (Å²) in [7, 11) is -2.02. The highest BCUT2D eigenvalue weighted by atomic mass is 19.2. The highest BCUT2D eigenvalue weighted by Gasteiger charge is 2.29. The average molecular weight is 256 g/mol. The Labute approximate surface area is 105 Å². The maximum atomic E-state index is 13.8. The van der Waals surface area contributed by atoms with E-state index >= 15 is 0 Å². The predicted molar refractivity (Wildman–Crippen MR) is 63.8 cm³/mol. The molecule has 0 spiro atoms. The fraction of sp³-hybridized carbons (Fsp3) is 0.500. The maximum Gasteiger partial charge on any atom is 0.491 e. The van der Waals surface area contributed by atoms with Crippen molar-refractivity contribution in [3.63, 3.8) is 0 Å². The van der Waals surface area contributed by atoms with Gasteiger partial charge in [-0.1, -0.05) is 19.4 Å². The number of benzene rings is 1. The highest BCUT2D eigenvalue weighted by molar-refractivity contribution is 6.58. The molecule has 0 aromatic heterocycles. The smallest absolute Gasteiger partial charge is 0.487 e. The van der Waals surface area contributed by atoms with Gasteiger partial charge in [0.05, 0.1) is 6.10 Å². The summed E-state index contributed by atoms with van der Waals surface area (Å²) in [5.74, 6) is -2.46. The zero-order valence-corrected chi connectivity index (χ0v) is 10.1. The van der Waals surface area contributed by atoms with Gasteiger partial charge >= 0.3 is 7.12 Å². The van der Waals surface area contributed by atoms with E-state index in [1.54, 1.807) is 0 Å². The van der Waals surface area contributed by atoms with E-state index in [4.69, 9.17) is 14.8 Å². The van der Waals surface area contributed by atoms with Crippen molar-refractivity contribution in [3.8, 4) is 5.75 Å². The van der Waals surface area contributed by atoms with Crippen LogP contribution < -0.4 is 10.2 Å². The van der Waals surface area contributed by atoms with Gasteiger partial charge in [-0.15, -0.1) is 0 Å². The second-order valence-electron chi connectivity index (χ2n) is 4.52. The molecule has 2 N–H and O–H groups in total. The standard InChI is InChI=1S/C12H15BF2O3/c1-2-3-8-5-4-7-6-9(13(16)17)10(14)11(15)12(7)18-8/h6,8,16-17H,2-5H2,1H3. The van der Waals surface area contributed by atoms with Crippen LogP contribution in [0.5, 0.6) is 5.75 Å². The van der Waals surface area contributed by atoms with Crippen molar-refractivity contribution in [3.05, 3.63) is 23.3 Å². The van der Waals surface area contributed by atoms with Gasteiger partial charge in [0.2, 0.25) is 5.82 Å². The summed E-state index contributed by atoms with van der Waals surface area (Å²) in [5.41, 5.74) is 0.0492. The molecule has 1 aromatic rings. The van der Waals surface area contributed by atoms with Crippen LogP contribution in [0.2, 0.25) is 0 Å². The Hall–Kier alpha value is -1.14. The van der Waals surface area contributed by atoms with E-state index < -0.39 is 24.2 Å². The lowest BCUT2D eigenvalue weighted by atomic mass is 9.78. The number of hydrogen-bond donors (Lipinski definition) is 2. The number of hydrogen-bond acceptors (Lipinski definition) is 3. The molecule has 1 aliphatic rings. The summed E-state index contributed by atoms with van der Waals surface area (Å²) >= 11 is 0. The van der Waals surface area contributed by atoms with Gasteiger partial charge in [-0.2, -0.15) is 4.39 Å². The molecule has 6 heteroatoms. The van der Waals surface area contributed by atoms with Gasteiger partial charge in [0.1, 0.15) is 0 Å². The molecule has 0 saturated carbocycles. The van der Waals surface area contributed by atoms with Crippen LogP contribution in [0.15, 0.2) is 6.07 Å². The molecule has 1 heterocycles. The van der Waals surface area contributed by atoms with Crippen LogP contribution in [0.1, 0.15) is 31.7 Å². The first-order valence-electron chi connectivity index (χ1n) is 6.08. The molecular weight excluding hydrogens is 241 g/mol.